The van der Waals surface area contributed by atoms with Crippen LogP contribution in [0.5, 0.6) is 5.75 Å². The van der Waals surface area contributed by atoms with Crippen LogP contribution in [-0.4, -0.2) is 56.5 Å². The largest absolute Gasteiger partial charge is 0.497 e. The summed E-state index contributed by atoms with van der Waals surface area (Å²) in [6.45, 7) is 3.00. The molecule has 4 rings (SSSR count). The third-order valence-corrected chi connectivity index (χ3v) is 9.04. The molecule has 1 aliphatic rings. The van der Waals surface area contributed by atoms with Crippen LogP contribution < -0.4 is 9.54 Å². The van der Waals surface area contributed by atoms with Crippen LogP contribution in [0, 0.1) is 5.92 Å². The number of hydrogen-bond donors (Lipinski definition) is 0. The zero-order valence-electron chi connectivity index (χ0n) is 19.8. The molecule has 1 amide bonds. The number of fused-ring (bicyclic) bond motifs is 1. The second kappa shape index (κ2) is 10.3. The van der Waals surface area contributed by atoms with Gasteiger partial charge in [0.1, 0.15) is 12.3 Å². The highest BCUT2D eigenvalue weighted by molar-refractivity contribution is 7.89. The minimum atomic E-state index is -3.61. The number of nitrogens with zero attached hydrogens (tertiary/aromatic N) is 3. The summed E-state index contributed by atoms with van der Waals surface area (Å²) in [5.41, 5.74) is 0.959. The average Bonchev–Trinajstić information content (AvgIpc) is 3.19. The number of hydrogen-bond acceptors (Lipinski definition) is 7. The number of ether oxygens (including phenoxy) is 2. The van der Waals surface area contributed by atoms with Gasteiger partial charge in [-0.15, -0.1) is 0 Å². The van der Waals surface area contributed by atoms with Gasteiger partial charge >= 0.3 is 5.97 Å². The molecular weight excluding hydrogens is 490 g/mol. The quantitative estimate of drug-likeness (QED) is 0.465. The second-order valence-electron chi connectivity index (χ2n) is 8.41. The first kappa shape index (κ1) is 25.1. The summed E-state index contributed by atoms with van der Waals surface area (Å²) in [4.78, 5) is 29.6. The van der Waals surface area contributed by atoms with E-state index in [1.807, 2.05) is 0 Å². The monoisotopic (exact) mass is 517 g/mol. The Kier molecular flexibility index (Phi) is 7.39. The van der Waals surface area contributed by atoms with Crippen LogP contribution in [-0.2, 0) is 26.1 Å². The minimum Gasteiger partial charge on any atom is -0.497 e. The number of carbonyl (C=O) groups excluding carboxylic acids is 2. The third-order valence-electron chi connectivity index (χ3n) is 6.08. The number of piperidine rings is 1. The number of amides is 1. The van der Waals surface area contributed by atoms with E-state index in [1.165, 1.54) is 47.0 Å². The van der Waals surface area contributed by atoms with E-state index in [0.717, 1.165) is 17.5 Å². The number of carbonyl (C=O) groups is 2. The van der Waals surface area contributed by atoms with Gasteiger partial charge in [0.15, 0.2) is 4.80 Å². The molecule has 0 atom stereocenters. The molecule has 11 heteroatoms. The molecule has 2 heterocycles. The van der Waals surface area contributed by atoms with Gasteiger partial charge in [-0.05, 0) is 61.2 Å². The fourth-order valence-electron chi connectivity index (χ4n) is 3.91. The van der Waals surface area contributed by atoms with Crippen molar-refractivity contribution >= 4 is 43.5 Å². The Morgan fingerprint density at radius 3 is 2.40 bits per heavy atom. The number of benzene rings is 2. The smallest absolute Gasteiger partial charge is 0.325 e. The van der Waals surface area contributed by atoms with Gasteiger partial charge < -0.3 is 14.0 Å². The van der Waals surface area contributed by atoms with E-state index in [1.54, 1.807) is 29.9 Å². The molecule has 0 aliphatic carbocycles. The van der Waals surface area contributed by atoms with Crippen molar-refractivity contribution in [2.24, 2.45) is 10.9 Å². The molecule has 186 valence electrons. The molecule has 0 spiro atoms. The molecule has 0 N–H and O–H groups in total. The minimum absolute atomic E-state index is 0.111. The molecule has 2 aromatic carbocycles. The van der Waals surface area contributed by atoms with E-state index in [2.05, 4.69) is 11.9 Å². The van der Waals surface area contributed by atoms with Crippen LogP contribution in [0.3, 0.4) is 0 Å². The van der Waals surface area contributed by atoms with Crippen molar-refractivity contribution in [3.05, 3.63) is 52.8 Å². The number of esters is 1. The zero-order valence-corrected chi connectivity index (χ0v) is 21.4. The highest BCUT2D eigenvalue weighted by Gasteiger charge is 2.28. The van der Waals surface area contributed by atoms with Crippen LogP contribution in [0.25, 0.3) is 10.2 Å². The van der Waals surface area contributed by atoms with Crippen LogP contribution in [0.2, 0.25) is 0 Å². The van der Waals surface area contributed by atoms with Crippen molar-refractivity contribution in [3.63, 3.8) is 0 Å². The fraction of sp³-hybridized carbons (Fsp3) is 0.375. The molecule has 1 aliphatic heterocycles. The van der Waals surface area contributed by atoms with Gasteiger partial charge in [-0.25, -0.2) is 8.42 Å². The topological polar surface area (TPSA) is 107 Å². The number of rotatable bonds is 6. The normalized spacial score (nSPS) is 15.9. The van der Waals surface area contributed by atoms with Crippen molar-refractivity contribution < 1.29 is 27.5 Å². The summed E-state index contributed by atoms with van der Waals surface area (Å²) in [7, 11) is -0.756. The first-order valence-corrected chi connectivity index (χ1v) is 13.4. The second-order valence-corrected chi connectivity index (χ2v) is 11.4. The lowest BCUT2D eigenvalue weighted by atomic mass is 10.0. The number of methoxy groups -OCH3 is 2. The number of sulfonamides is 1. The Hall–Kier alpha value is -3.02. The predicted molar refractivity (Wildman–Crippen MR) is 132 cm³/mol. The van der Waals surface area contributed by atoms with Gasteiger partial charge in [0.2, 0.25) is 10.0 Å². The summed E-state index contributed by atoms with van der Waals surface area (Å²) in [5.74, 6) is 0.135. The van der Waals surface area contributed by atoms with Crippen LogP contribution in [0.1, 0.15) is 30.1 Å². The summed E-state index contributed by atoms with van der Waals surface area (Å²) < 4.78 is 39.9. The van der Waals surface area contributed by atoms with E-state index < -0.39 is 21.9 Å². The number of thiazole rings is 1. The first-order valence-electron chi connectivity index (χ1n) is 11.2. The van der Waals surface area contributed by atoms with E-state index >= 15 is 0 Å². The SMILES string of the molecule is COC(=O)Cn1c(=NC(=O)c2ccc(S(=O)(=O)N3CCC(C)CC3)cc2)sc2cc(OC)ccc21. The molecule has 0 unspecified atom stereocenters. The fourth-order valence-corrected chi connectivity index (χ4v) is 6.43. The Balaban J connectivity index is 1.65. The Bertz CT molecular complexity index is 1420. The molecule has 35 heavy (non-hydrogen) atoms. The Morgan fingerprint density at radius 2 is 1.77 bits per heavy atom. The van der Waals surface area contributed by atoms with Gasteiger partial charge in [0.25, 0.3) is 5.91 Å². The van der Waals surface area contributed by atoms with Gasteiger partial charge in [-0.3, -0.25) is 9.59 Å². The molecule has 3 aromatic rings. The van der Waals surface area contributed by atoms with Gasteiger partial charge in [-0.1, -0.05) is 18.3 Å². The van der Waals surface area contributed by atoms with Gasteiger partial charge in [-0.2, -0.15) is 9.30 Å². The maximum Gasteiger partial charge on any atom is 0.325 e. The predicted octanol–water partition coefficient (Wildman–Crippen LogP) is 3.05. The van der Waals surface area contributed by atoms with Gasteiger partial charge in [0.05, 0.1) is 29.3 Å². The van der Waals surface area contributed by atoms with E-state index in [-0.39, 0.29) is 17.0 Å². The summed E-state index contributed by atoms with van der Waals surface area (Å²) >= 11 is 1.24. The lowest BCUT2D eigenvalue weighted by molar-refractivity contribution is -0.141. The van der Waals surface area contributed by atoms with Crippen LogP contribution in [0.4, 0.5) is 0 Å². The molecular formula is C24H27N3O6S2. The molecule has 0 radical (unpaired) electrons. The van der Waals surface area contributed by atoms with E-state index in [9.17, 15) is 18.0 Å². The standard InChI is InChI=1S/C24H27N3O6S2/c1-16-10-12-26(13-11-16)35(30,31)19-7-4-17(5-8-19)23(29)25-24-27(15-22(28)33-3)20-9-6-18(32-2)14-21(20)34-24/h4-9,14,16H,10-13,15H2,1-3H3. The van der Waals surface area contributed by atoms with E-state index in [0.29, 0.717) is 35.1 Å². The molecule has 0 saturated carbocycles. The summed E-state index contributed by atoms with van der Waals surface area (Å²) in [6, 6.07) is 11.2. The maximum absolute atomic E-state index is 13.0. The van der Waals surface area contributed by atoms with Crippen molar-refractivity contribution in [1.29, 1.82) is 0 Å². The molecule has 1 aromatic heterocycles. The molecule has 1 fully saturated rings. The summed E-state index contributed by atoms with van der Waals surface area (Å²) in [5, 5.41) is 0. The first-order chi connectivity index (χ1) is 16.7. The highest BCUT2D eigenvalue weighted by atomic mass is 32.2. The molecule has 0 bridgehead atoms. The van der Waals surface area contributed by atoms with Crippen LogP contribution in [0.15, 0.2) is 52.4 Å². The summed E-state index contributed by atoms with van der Waals surface area (Å²) in [6.07, 6.45) is 1.67. The lowest BCUT2D eigenvalue weighted by Crippen LogP contribution is -2.37. The Labute approximate surface area is 207 Å². The van der Waals surface area contributed by atoms with Crippen molar-refractivity contribution in [2.45, 2.75) is 31.2 Å². The maximum atomic E-state index is 13.0. The highest BCUT2D eigenvalue weighted by Crippen LogP contribution is 2.25. The number of aromatic nitrogens is 1. The van der Waals surface area contributed by atoms with E-state index in [4.69, 9.17) is 9.47 Å². The van der Waals surface area contributed by atoms with Crippen LogP contribution >= 0.6 is 11.3 Å². The molecule has 1 saturated heterocycles. The van der Waals surface area contributed by atoms with Crippen molar-refractivity contribution in [3.8, 4) is 5.75 Å². The van der Waals surface area contributed by atoms with Crippen molar-refractivity contribution in [2.75, 3.05) is 27.3 Å². The zero-order chi connectivity index (χ0) is 25.2. The average molecular weight is 518 g/mol. The third kappa shape index (κ3) is 5.31. The Morgan fingerprint density at radius 1 is 1.09 bits per heavy atom. The molecule has 9 nitrogen and oxygen atoms in total. The van der Waals surface area contributed by atoms with Crippen molar-refractivity contribution in [1.82, 2.24) is 8.87 Å². The van der Waals surface area contributed by atoms with Gasteiger partial charge in [0, 0.05) is 18.7 Å². The lowest BCUT2D eigenvalue weighted by Gasteiger charge is -2.29.